The van der Waals surface area contributed by atoms with Crippen LogP contribution in [-0.2, 0) is 20.0 Å². The molecular weight excluding hydrogens is 264 g/mol. The van der Waals surface area contributed by atoms with E-state index >= 15 is 0 Å². The SMILES string of the molecule is CCc1nn(C)cc1C(=O)N(CC)c1ccc(CN)cc1. The lowest BCUT2D eigenvalue weighted by molar-refractivity contribution is 0.0987. The smallest absolute Gasteiger partial charge is 0.261 e. The standard InChI is InChI=1S/C16H22N4O/c1-4-15-14(11-19(3)18-15)16(21)20(5-2)13-8-6-12(10-17)7-9-13/h6-9,11H,4-5,10,17H2,1-3H3. The fourth-order valence-electron chi connectivity index (χ4n) is 2.38. The number of aromatic nitrogens is 2. The number of nitrogens with zero attached hydrogens (tertiary/aromatic N) is 3. The second-order valence-corrected chi connectivity index (χ2v) is 4.94. The van der Waals surface area contributed by atoms with Crippen molar-refractivity contribution in [2.75, 3.05) is 11.4 Å². The number of anilines is 1. The molecule has 5 nitrogen and oxygen atoms in total. The number of hydrogen-bond acceptors (Lipinski definition) is 3. The van der Waals surface area contributed by atoms with E-state index in [9.17, 15) is 4.79 Å². The third-order valence-corrected chi connectivity index (χ3v) is 3.52. The van der Waals surface area contributed by atoms with E-state index < -0.39 is 0 Å². The first-order chi connectivity index (χ1) is 10.1. The second-order valence-electron chi connectivity index (χ2n) is 4.94. The van der Waals surface area contributed by atoms with Gasteiger partial charge in [0.05, 0.1) is 11.3 Å². The number of carbonyl (C=O) groups excluding carboxylic acids is 1. The second kappa shape index (κ2) is 6.54. The Morgan fingerprint density at radius 1 is 1.29 bits per heavy atom. The minimum atomic E-state index is -0.0112. The summed E-state index contributed by atoms with van der Waals surface area (Å²) in [6.45, 7) is 5.09. The maximum atomic E-state index is 12.8. The van der Waals surface area contributed by atoms with E-state index in [2.05, 4.69) is 5.10 Å². The first-order valence-corrected chi connectivity index (χ1v) is 7.24. The van der Waals surface area contributed by atoms with Gasteiger partial charge in [-0.1, -0.05) is 19.1 Å². The van der Waals surface area contributed by atoms with Crippen LogP contribution in [0.15, 0.2) is 30.5 Å². The van der Waals surface area contributed by atoms with Gasteiger partial charge in [0.2, 0.25) is 0 Å². The molecule has 0 radical (unpaired) electrons. The molecule has 2 aromatic rings. The molecule has 1 heterocycles. The summed E-state index contributed by atoms with van der Waals surface area (Å²) in [6.07, 6.45) is 2.53. The zero-order valence-electron chi connectivity index (χ0n) is 12.8. The highest BCUT2D eigenvalue weighted by Gasteiger charge is 2.21. The molecule has 0 fully saturated rings. The molecule has 5 heteroatoms. The van der Waals surface area contributed by atoms with Crippen LogP contribution in [0.1, 0.15) is 35.5 Å². The van der Waals surface area contributed by atoms with Crippen LogP contribution in [0.2, 0.25) is 0 Å². The molecule has 0 aliphatic carbocycles. The van der Waals surface area contributed by atoms with Gasteiger partial charge in [0, 0.05) is 32.0 Å². The van der Waals surface area contributed by atoms with Gasteiger partial charge in [0.15, 0.2) is 0 Å². The fraction of sp³-hybridized carbons (Fsp3) is 0.375. The lowest BCUT2D eigenvalue weighted by Crippen LogP contribution is -2.31. The molecule has 0 saturated heterocycles. The Bertz CT molecular complexity index is 616. The van der Waals surface area contributed by atoms with Gasteiger partial charge < -0.3 is 10.6 Å². The molecule has 21 heavy (non-hydrogen) atoms. The van der Waals surface area contributed by atoms with Gasteiger partial charge >= 0.3 is 0 Å². The van der Waals surface area contributed by atoms with Crippen LogP contribution in [0.4, 0.5) is 5.69 Å². The van der Waals surface area contributed by atoms with Crippen molar-refractivity contribution in [2.24, 2.45) is 12.8 Å². The summed E-state index contributed by atoms with van der Waals surface area (Å²) in [5.74, 6) is -0.0112. The van der Waals surface area contributed by atoms with Gasteiger partial charge in [0.25, 0.3) is 5.91 Å². The molecule has 0 atom stereocenters. The maximum absolute atomic E-state index is 12.8. The molecule has 1 aromatic carbocycles. The Balaban J connectivity index is 2.33. The fourth-order valence-corrected chi connectivity index (χ4v) is 2.38. The Morgan fingerprint density at radius 2 is 1.95 bits per heavy atom. The number of amides is 1. The first kappa shape index (κ1) is 15.3. The highest BCUT2D eigenvalue weighted by molar-refractivity contribution is 6.06. The van der Waals surface area contributed by atoms with Crippen LogP contribution in [-0.4, -0.2) is 22.2 Å². The van der Waals surface area contributed by atoms with E-state index in [1.807, 2.05) is 45.2 Å². The normalized spacial score (nSPS) is 10.7. The first-order valence-electron chi connectivity index (χ1n) is 7.24. The van der Waals surface area contributed by atoms with Crippen LogP contribution in [0, 0.1) is 0 Å². The molecule has 0 aliphatic rings. The van der Waals surface area contributed by atoms with E-state index in [0.717, 1.165) is 23.4 Å². The van der Waals surface area contributed by atoms with Crippen molar-refractivity contribution in [2.45, 2.75) is 26.8 Å². The van der Waals surface area contributed by atoms with E-state index in [4.69, 9.17) is 5.73 Å². The lowest BCUT2D eigenvalue weighted by Gasteiger charge is -2.21. The van der Waals surface area contributed by atoms with Crippen molar-refractivity contribution in [1.82, 2.24) is 9.78 Å². The predicted molar refractivity (Wildman–Crippen MR) is 84.3 cm³/mol. The van der Waals surface area contributed by atoms with Gasteiger partial charge in [0.1, 0.15) is 0 Å². The molecule has 2 rings (SSSR count). The molecule has 0 unspecified atom stereocenters. The van der Waals surface area contributed by atoms with E-state index in [0.29, 0.717) is 18.7 Å². The highest BCUT2D eigenvalue weighted by atomic mass is 16.2. The van der Waals surface area contributed by atoms with Gasteiger partial charge in [-0.15, -0.1) is 0 Å². The number of rotatable bonds is 5. The van der Waals surface area contributed by atoms with Crippen LogP contribution in [0.3, 0.4) is 0 Å². The Labute approximate surface area is 125 Å². The Kier molecular flexibility index (Phi) is 4.75. The van der Waals surface area contributed by atoms with Crippen molar-refractivity contribution < 1.29 is 4.79 Å². The highest BCUT2D eigenvalue weighted by Crippen LogP contribution is 2.19. The predicted octanol–water partition coefficient (Wildman–Crippen LogP) is 2.11. The number of carbonyl (C=O) groups is 1. The molecule has 2 N–H and O–H groups in total. The number of nitrogens with two attached hydrogens (primary N) is 1. The summed E-state index contributed by atoms with van der Waals surface area (Å²) >= 11 is 0. The average molecular weight is 286 g/mol. The number of aryl methyl sites for hydroxylation is 2. The summed E-state index contributed by atoms with van der Waals surface area (Å²) in [4.78, 5) is 14.5. The van der Waals surface area contributed by atoms with E-state index in [-0.39, 0.29) is 5.91 Å². The average Bonchev–Trinajstić information content (AvgIpc) is 2.89. The third kappa shape index (κ3) is 3.13. The Hall–Kier alpha value is -2.14. The molecule has 1 amide bonds. The largest absolute Gasteiger partial charge is 0.326 e. The molecular formula is C16H22N4O. The molecule has 0 saturated carbocycles. The summed E-state index contributed by atoms with van der Waals surface area (Å²) in [5, 5.41) is 4.34. The van der Waals surface area contributed by atoms with Crippen LogP contribution in [0.5, 0.6) is 0 Å². The monoisotopic (exact) mass is 286 g/mol. The van der Waals surface area contributed by atoms with Crippen molar-refractivity contribution in [1.29, 1.82) is 0 Å². The quantitative estimate of drug-likeness (QED) is 0.915. The third-order valence-electron chi connectivity index (χ3n) is 3.52. The van der Waals surface area contributed by atoms with E-state index in [1.165, 1.54) is 0 Å². The van der Waals surface area contributed by atoms with Crippen molar-refractivity contribution >= 4 is 11.6 Å². The Morgan fingerprint density at radius 3 is 2.48 bits per heavy atom. The zero-order valence-corrected chi connectivity index (χ0v) is 12.8. The van der Waals surface area contributed by atoms with Crippen LogP contribution in [0.25, 0.3) is 0 Å². The minimum Gasteiger partial charge on any atom is -0.326 e. The van der Waals surface area contributed by atoms with Crippen molar-refractivity contribution in [3.05, 3.63) is 47.3 Å². The molecule has 0 aliphatic heterocycles. The topological polar surface area (TPSA) is 64.2 Å². The van der Waals surface area contributed by atoms with Gasteiger partial charge in [-0.05, 0) is 31.0 Å². The van der Waals surface area contributed by atoms with Gasteiger partial charge in [-0.25, -0.2) is 0 Å². The molecule has 1 aromatic heterocycles. The molecule has 112 valence electrons. The summed E-state index contributed by atoms with van der Waals surface area (Å²) in [6, 6.07) is 7.78. The summed E-state index contributed by atoms with van der Waals surface area (Å²) < 4.78 is 1.69. The zero-order chi connectivity index (χ0) is 15.4. The number of benzene rings is 1. The van der Waals surface area contributed by atoms with Crippen LogP contribution < -0.4 is 10.6 Å². The van der Waals surface area contributed by atoms with Crippen molar-refractivity contribution in [3.63, 3.8) is 0 Å². The van der Waals surface area contributed by atoms with Crippen molar-refractivity contribution in [3.8, 4) is 0 Å². The lowest BCUT2D eigenvalue weighted by atomic mass is 10.1. The van der Waals surface area contributed by atoms with E-state index in [1.54, 1.807) is 15.8 Å². The van der Waals surface area contributed by atoms with Gasteiger partial charge in [-0.2, -0.15) is 5.10 Å². The minimum absolute atomic E-state index is 0.0112. The van der Waals surface area contributed by atoms with Gasteiger partial charge in [-0.3, -0.25) is 9.48 Å². The molecule has 0 bridgehead atoms. The number of hydrogen-bond donors (Lipinski definition) is 1. The molecule has 0 spiro atoms. The maximum Gasteiger partial charge on any atom is 0.261 e. The summed E-state index contributed by atoms with van der Waals surface area (Å²) in [5.41, 5.74) is 9.05. The van der Waals surface area contributed by atoms with Crippen LogP contribution >= 0.6 is 0 Å². The summed E-state index contributed by atoms with van der Waals surface area (Å²) in [7, 11) is 1.84.